The molecule has 2 nitrogen and oxygen atoms in total. The first kappa shape index (κ1) is 14.5. The second-order valence-corrected chi connectivity index (χ2v) is 6.04. The van der Waals surface area contributed by atoms with E-state index in [-0.39, 0.29) is 0 Å². The molecule has 1 fully saturated rings. The van der Waals surface area contributed by atoms with E-state index in [9.17, 15) is 0 Å². The lowest BCUT2D eigenvalue weighted by Gasteiger charge is -2.36. The summed E-state index contributed by atoms with van der Waals surface area (Å²) in [6.07, 6.45) is 4.10. The number of hydrogen-bond acceptors (Lipinski definition) is 2. The van der Waals surface area contributed by atoms with E-state index in [2.05, 4.69) is 56.2 Å². The van der Waals surface area contributed by atoms with Gasteiger partial charge in [0.25, 0.3) is 0 Å². The zero-order valence-corrected chi connectivity index (χ0v) is 12.9. The quantitative estimate of drug-likeness (QED) is 0.892. The molecule has 19 heavy (non-hydrogen) atoms. The lowest BCUT2D eigenvalue weighted by molar-refractivity contribution is 0.146. The third-order valence-corrected chi connectivity index (χ3v) is 4.51. The van der Waals surface area contributed by atoms with Gasteiger partial charge in [-0.05, 0) is 58.3 Å². The highest BCUT2D eigenvalue weighted by Crippen LogP contribution is 2.23. The van der Waals surface area contributed by atoms with Crippen LogP contribution in [0.4, 0.5) is 0 Å². The van der Waals surface area contributed by atoms with Gasteiger partial charge in [0.05, 0.1) is 0 Å². The molecule has 1 aliphatic heterocycles. The van der Waals surface area contributed by atoms with E-state index < -0.39 is 0 Å². The van der Waals surface area contributed by atoms with Crippen LogP contribution >= 0.6 is 0 Å². The molecule has 2 unspecified atom stereocenters. The summed E-state index contributed by atoms with van der Waals surface area (Å²) in [6, 6.07) is 7.99. The van der Waals surface area contributed by atoms with Crippen LogP contribution in [0.1, 0.15) is 48.9 Å². The van der Waals surface area contributed by atoms with Gasteiger partial charge in [0.15, 0.2) is 0 Å². The van der Waals surface area contributed by atoms with Gasteiger partial charge in [-0.1, -0.05) is 30.2 Å². The largest absolute Gasteiger partial charge is 0.312 e. The molecule has 1 heterocycles. The summed E-state index contributed by atoms with van der Waals surface area (Å²) < 4.78 is 0. The van der Waals surface area contributed by atoms with Gasteiger partial charge < -0.3 is 5.32 Å². The fraction of sp³-hybridized carbons (Fsp3) is 0.647. The summed E-state index contributed by atoms with van der Waals surface area (Å²) in [6.45, 7) is 9.14. The molecule has 0 amide bonds. The molecule has 1 aromatic rings. The maximum Gasteiger partial charge on any atom is 0.0449 e. The average molecular weight is 260 g/mol. The third-order valence-electron chi connectivity index (χ3n) is 4.51. The van der Waals surface area contributed by atoms with Crippen molar-refractivity contribution in [3.05, 3.63) is 34.9 Å². The summed E-state index contributed by atoms with van der Waals surface area (Å²) in [4.78, 5) is 2.64. The Labute approximate surface area is 118 Å². The molecule has 0 saturated carbocycles. The van der Waals surface area contributed by atoms with Gasteiger partial charge in [-0.25, -0.2) is 0 Å². The van der Waals surface area contributed by atoms with Gasteiger partial charge in [-0.2, -0.15) is 0 Å². The maximum absolute atomic E-state index is 3.50. The number of likely N-dealkylation sites (N-methyl/N-ethyl adjacent to an activating group) is 1. The van der Waals surface area contributed by atoms with Crippen LogP contribution in [0.25, 0.3) is 0 Å². The second-order valence-electron chi connectivity index (χ2n) is 6.04. The number of piperidine rings is 1. The second kappa shape index (κ2) is 6.53. The summed E-state index contributed by atoms with van der Waals surface area (Å²) in [7, 11) is 2.08. The van der Waals surface area contributed by atoms with Crippen LogP contribution < -0.4 is 5.32 Å². The van der Waals surface area contributed by atoms with Crippen molar-refractivity contribution in [2.45, 2.75) is 52.1 Å². The Morgan fingerprint density at radius 2 is 2.11 bits per heavy atom. The number of rotatable bonds is 4. The molecule has 1 aromatic carbocycles. The van der Waals surface area contributed by atoms with E-state index in [1.165, 1.54) is 42.5 Å². The average Bonchev–Trinajstić information content (AvgIpc) is 2.39. The number of aryl methyl sites for hydroxylation is 2. The molecular weight excluding hydrogens is 232 g/mol. The third kappa shape index (κ3) is 3.58. The van der Waals surface area contributed by atoms with Crippen molar-refractivity contribution in [1.82, 2.24) is 10.2 Å². The minimum atomic E-state index is 0.446. The van der Waals surface area contributed by atoms with Gasteiger partial charge in [0.2, 0.25) is 0 Å². The number of benzene rings is 1. The molecule has 2 atom stereocenters. The predicted molar refractivity (Wildman–Crippen MR) is 82.6 cm³/mol. The Bertz CT molecular complexity index is 414. The first-order valence-corrected chi connectivity index (χ1v) is 7.60. The fourth-order valence-corrected chi connectivity index (χ4v) is 3.23. The van der Waals surface area contributed by atoms with Crippen molar-refractivity contribution in [1.29, 1.82) is 0 Å². The monoisotopic (exact) mass is 260 g/mol. The van der Waals surface area contributed by atoms with Crippen LogP contribution in [0.2, 0.25) is 0 Å². The maximum atomic E-state index is 3.50. The summed E-state index contributed by atoms with van der Waals surface area (Å²) in [5.41, 5.74) is 4.21. The molecule has 0 aliphatic carbocycles. The Kier molecular flexibility index (Phi) is 5.00. The zero-order chi connectivity index (χ0) is 13.8. The Morgan fingerprint density at radius 3 is 2.74 bits per heavy atom. The van der Waals surface area contributed by atoms with E-state index in [1.807, 2.05) is 0 Å². The normalized spacial score (nSPS) is 22.4. The highest BCUT2D eigenvalue weighted by molar-refractivity contribution is 5.33. The predicted octanol–water partition coefficient (Wildman–Crippen LogP) is 3.44. The topological polar surface area (TPSA) is 15.3 Å². The lowest BCUT2D eigenvalue weighted by Crippen LogP contribution is -2.42. The zero-order valence-electron chi connectivity index (χ0n) is 12.9. The van der Waals surface area contributed by atoms with Crippen LogP contribution in [-0.4, -0.2) is 31.1 Å². The van der Waals surface area contributed by atoms with Crippen molar-refractivity contribution < 1.29 is 0 Å². The Hall–Kier alpha value is -0.860. The Balaban J connectivity index is 2.10. The minimum absolute atomic E-state index is 0.446. The van der Waals surface area contributed by atoms with Crippen molar-refractivity contribution in [3.63, 3.8) is 0 Å². The van der Waals surface area contributed by atoms with Gasteiger partial charge in [-0.3, -0.25) is 4.90 Å². The molecule has 2 heteroatoms. The SMILES string of the molecule is CNC(CN1CCCCC1C)c1ccc(C)cc1C. The van der Waals surface area contributed by atoms with Crippen molar-refractivity contribution in [2.75, 3.05) is 20.1 Å². The molecule has 106 valence electrons. The summed E-state index contributed by atoms with van der Waals surface area (Å²) in [5, 5.41) is 3.50. The van der Waals surface area contributed by atoms with Crippen molar-refractivity contribution in [3.8, 4) is 0 Å². The minimum Gasteiger partial charge on any atom is -0.312 e. The van der Waals surface area contributed by atoms with Crippen molar-refractivity contribution >= 4 is 0 Å². The van der Waals surface area contributed by atoms with E-state index in [1.54, 1.807) is 0 Å². The molecule has 0 radical (unpaired) electrons. The molecule has 1 aliphatic rings. The molecule has 0 bridgehead atoms. The van der Waals surface area contributed by atoms with Crippen molar-refractivity contribution in [2.24, 2.45) is 0 Å². The fourth-order valence-electron chi connectivity index (χ4n) is 3.23. The molecule has 1 N–H and O–H groups in total. The Morgan fingerprint density at radius 1 is 1.32 bits per heavy atom. The highest BCUT2D eigenvalue weighted by Gasteiger charge is 2.22. The van der Waals surface area contributed by atoms with Crippen LogP contribution in [0.15, 0.2) is 18.2 Å². The van der Waals surface area contributed by atoms with Gasteiger partial charge in [0.1, 0.15) is 0 Å². The first-order valence-electron chi connectivity index (χ1n) is 7.60. The number of hydrogen-bond donors (Lipinski definition) is 1. The molecule has 1 saturated heterocycles. The lowest BCUT2D eigenvalue weighted by atomic mass is 9.97. The van der Waals surface area contributed by atoms with Gasteiger partial charge >= 0.3 is 0 Å². The molecule has 0 aromatic heterocycles. The number of nitrogens with zero attached hydrogens (tertiary/aromatic N) is 1. The van der Waals surface area contributed by atoms with Crippen LogP contribution in [0.3, 0.4) is 0 Å². The summed E-state index contributed by atoms with van der Waals surface area (Å²) in [5.74, 6) is 0. The molecule has 0 spiro atoms. The smallest absolute Gasteiger partial charge is 0.0449 e. The van der Waals surface area contributed by atoms with Crippen LogP contribution in [0, 0.1) is 13.8 Å². The van der Waals surface area contributed by atoms with E-state index in [0.717, 1.165) is 12.6 Å². The van der Waals surface area contributed by atoms with E-state index in [4.69, 9.17) is 0 Å². The van der Waals surface area contributed by atoms with Crippen LogP contribution in [0.5, 0.6) is 0 Å². The van der Waals surface area contributed by atoms with E-state index >= 15 is 0 Å². The highest BCUT2D eigenvalue weighted by atomic mass is 15.2. The number of nitrogens with one attached hydrogen (secondary N) is 1. The van der Waals surface area contributed by atoms with Crippen LogP contribution in [-0.2, 0) is 0 Å². The van der Waals surface area contributed by atoms with E-state index in [0.29, 0.717) is 6.04 Å². The van der Waals surface area contributed by atoms with Gasteiger partial charge in [-0.15, -0.1) is 0 Å². The van der Waals surface area contributed by atoms with Gasteiger partial charge in [0, 0.05) is 18.6 Å². The molecular formula is C17H28N2. The first-order chi connectivity index (χ1) is 9.11. The molecule has 2 rings (SSSR count). The summed E-state index contributed by atoms with van der Waals surface area (Å²) >= 11 is 0. The standard InChI is InChI=1S/C17H28N2/c1-13-8-9-16(14(2)11-13)17(18-4)12-19-10-6-5-7-15(19)3/h8-9,11,15,17-18H,5-7,10,12H2,1-4H3. The number of likely N-dealkylation sites (tertiary alicyclic amines) is 1.